The average molecular weight is 266 g/mol. The van der Waals surface area contributed by atoms with Gasteiger partial charge >= 0.3 is 58.4 Å². The summed E-state index contributed by atoms with van der Waals surface area (Å²) in [5, 5.41) is 3.74. The van der Waals surface area contributed by atoms with E-state index in [4.69, 9.17) is 0 Å². The Morgan fingerprint density at radius 1 is 1.24 bits per heavy atom. The van der Waals surface area contributed by atoms with Gasteiger partial charge in [0.05, 0.1) is 11.7 Å². The molecule has 8 heteroatoms. The van der Waals surface area contributed by atoms with Crippen LogP contribution in [0.2, 0.25) is 0 Å². The monoisotopic (exact) mass is 266 g/mol. The molecule has 0 saturated heterocycles. The van der Waals surface area contributed by atoms with Crippen LogP contribution < -0.4 is 56.8 Å². The van der Waals surface area contributed by atoms with Gasteiger partial charge in [-0.2, -0.15) is 5.10 Å². The quantitative estimate of drug-likeness (QED) is 0.639. The largest absolute Gasteiger partial charge is 1.00 e. The standard InChI is InChI=1S/C9H7BF3N2O.K/c11-10(12,13)6-15-8-4-2-1-3-7(8)9(16)5-14-15;/h1-5H,6H2;/q-1;+1. The van der Waals surface area contributed by atoms with Crippen molar-refractivity contribution < 1.29 is 64.3 Å². The maximum absolute atomic E-state index is 12.3. The molecular formula is C9H7BF3KN2O. The molecule has 0 fully saturated rings. The van der Waals surface area contributed by atoms with E-state index in [-0.39, 0.29) is 67.7 Å². The van der Waals surface area contributed by atoms with Gasteiger partial charge in [-0.25, -0.2) is 0 Å². The molecule has 1 aromatic carbocycles. The first-order chi connectivity index (χ1) is 7.47. The van der Waals surface area contributed by atoms with E-state index in [0.717, 1.165) is 10.9 Å². The van der Waals surface area contributed by atoms with E-state index in [1.165, 1.54) is 12.1 Å². The summed E-state index contributed by atoms with van der Waals surface area (Å²) in [6, 6.07) is 6.11. The Balaban J connectivity index is 0.00000144. The minimum absolute atomic E-state index is 0. The number of aromatic nitrogens is 2. The smallest absolute Gasteiger partial charge is 0.448 e. The Hall–Kier alpha value is -0.149. The van der Waals surface area contributed by atoms with Crippen molar-refractivity contribution in [2.24, 2.45) is 0 Å². The predicted molar refractivity (Wildman–Crippen MR) is 55.1 cm³/mol. The molecule has 0 aliphatic heterocycles. The minimum Gasteiger partial charge on any atom is -0.448 e. The molecule has 2 aromatic rings. The summed E-state index contributed by atoms with van der Waals surface area (Å²) in [6.07, 6.45) is -0.231. The zero-order valence-corrected chi connectivity index (χ0v) is 12.2. The van der Waals surface area contributed by atoms with E-state index in [9.17, 15) is 17.7 Å². The second-order valence-electron chi connectivity index (χ2n) is 3.42. The van der Waals surface area contributed by atoms with Gasteiger partial charge in [0.1, 0.15) is 0 Å². The van der Waals surface area contributed by atoms with Gasteiger partial charge in [-0.05, 0) is 12.1 Å². The van der Waals surface area contributed by atoms with Crippen LogP contribution in [-0.4, -0.2) is 16.8 Å². The van der Waals surface area contributed by atoms with Gasteiger partial charge in [0.25, 0.3) is 0 Å². The van der Waals surface area contributed by atoms with Crippen LogP contribution in [0, 0.1) is 0 Å². The molecule has 0 amide bonds. The zero-order chi connectivity index (χ0) is 11.8. The molecule has 1 heterocycles. The third-order valence-corrected chi connectivity index (χ3v) is 2.14. The van der Waals surface area contributed by atoms with Crippen molar-refractivity contribution >= 4 is 17.9 Å². The van der Waals surface area contributed by atoms with Gasteiger partial charge in [0.2, 0.25) is 5.43 Å². The molecule has 0 aliphatic carbocycles. The van der Waals surface area contributed by atoms with Crippen LogP contribution >= 0.6 is 0 Å². The Morgan fingerprint density at radius 2 is 1.88 bits per heavy atom. The minimum atomic E-state index is -4.98. The van der Waals surface area contributed by atoms with Crippen molar-refractivity contribution in [1.29, 1.82) is 0 Å². The molecule has 1 aromatic heterocycles. The fourth-order valence-electron chi connectivity index (χ4n) is 1.50. The van der Waals surface area contributed by atoms with Crippen LogP contribution in [0.5, 0.6) is 0 Å². The number of nitrogens with zero attached hydrogens (tertiary/aromatic N) is 2. The first kappa shape index (κ1) is 14.9. The summed E-state index contributed by atoms with van der Waals surface area (Å²) in [4.78, 5) is 11.3. The molecule has 3 nitrogen and oxygen atoms in total. The molecule has 0 atom stereocenters. The second kappa shape index (κ2) is 5.66. The summed E-state index contributed by atoms with van der Waals surface area (Å²) in [5.74, 6) is 0. The normalized spacial score (nSPS) is 11.2. The molecule has 0 unspecified atom stereocenters. The van der Waals surface area contributed by atoms with Gasteiger partial charge in [0, 0.05) is 11.8 Å². The van der Waals surface area contributed by atoms with E-state index in [2.05, 4.69) is 5.10 Å². The van der Waals surface area contributed by atoms with Gasteiger partial charge in [-0.3, -0.25) is 9.48 Å². The summed E-state index contributed by atoms with van der Waals surface area (Å²) in [5.41, 5.74) is -0.171. The number of halogens is 3. The number of fused-ring (bicyclic) bond motifs is 1. The topological polar surface area (TPSA) is 34.9 Å². The molecule has 0 spiro atoms. The van der Waals surface area contributed by atoms with Crippen LogP contribution in [0.3, 0.4) is 0 Å². The van der Waals surface area contributed by atoms with Gasteiger partial charge < -0.3 is 12.9 Å². The van der Waals surface area contributed by atoms with E-state index >= 15 is 0 Å². The molecule has 0 radical (unpaired) electrons. The van der Waals surface area contributed by atoms with E-state index in [1.54, 1.807) is 12.1 Å². The summed E-state index contributed by atoms with van der Waals surface area (Å²) in [7, 11) is 0. The number of benzene rings is 1. The molecule has 0 N–H and O–H groups in total. The fraction of sp³-hybridized carbons (Fsp3) is 0.111. The van der Waals surface area contributed by atoms with Crippen LogP contribution in [-0.2, 0) is 6.44 Å². The molecular weight excluding hydrogens is 259 g/mol. The molecule has 17 heavy (non-hydrogen) atoms. The molecule has 2 rings (SSSR count). The molecule has 0 saturated carbocycles. The summed E-state index contributed by atoms with van der Waals surface area (Å²) in [6.45, 7) is -4.98. The first-order valence-corrected chi connectivity index (χ1v) is 4.63. The Labute approximate surface area is 137 Å². The maximum Gasteiger partial charge on any atom is 1.00 e. The van der Waals surface area contributed by atoms with Crippen LogP contribution in [0.15, 0.2) is 35.3 Å². The molecule has 84 valence electrons. The van der Waals surface area contributed by atoms with Crippen LogP contribution in [0.1, 0.15) is 0 Å². The van der Waals surface area contributed by atoms with Crippen molar-refractivity contribution in [1.82, 2.24) is 9.78 Å². The first-order valence-electron chi connectivity index (χ1n) is 4.63. The van der Waals surface area contributed by atoms with Gasteiger partial charge in [0.15, 0.2) is 0 Å². The zero-order valence-electron chi connectivity index (χ0n) is 9.11. The Kier molecular flexibility index (Phi) is 4.97. The van der Waals surface area contributed by atoms with E-state index < -0.39 is 13.4 Å². The molecule has 0 bridgehead atoms. The maximum atomic E-state index is 12.3. The van der Waals surface area contributed by atoms with Crippen molar-refractivity contribution in [2.75, 3.05) is 0 Å². The third kappa shape index (κ3) is 3.65. The van der Waals surface area contributed by atoms with Crippen molar-refractivity contribution in [3.63, 3.8) is 0 Å². The fourth-order valence-corrected chi connectivity index (χ4v) is 1.50. The van der Waals surface area contributed by atoms with Crippen molar-refractivity contribution in [2.45, 2.75) is 6.44 Å². The SMILES string of the molecule is O=c1cnn(C[B-](F)(F)F)c2ccccc12.[K+]. The average Bonchev–Trinajstić information content (AvgIpc) is 2.21. The van der Waals surface area contributed by atoms with Crippen molar-refractivity contribution in [3.05, 3.63) is 40.7 Å². The van der Waals surface area contributed by atoms with E-state index in [0.29, 0.717) is 0 Å². The van der Waals surface area contributed by atoms with Crippen LogP contribution in [0.4, 0.5) is 12.9 Å². The number of hydrogen-bond acceptors (Lipinski definition) is 2. The molecule has 0 aliphatic rings. The Morgan fingerprint density at radius 3 is 2.53 bits per heavy atom. The number of hydrogen-bond donors (Lipinski definition) is 0. The third-order valence-electron chi connectivity index (χ3n) is 2.14. The Bertz CT molecular complexity index is 584. The van der Waals surface area contributed by atoms with Gasteiger partial charge in [-0.15, -0.1) is 0 Å². The van der Waals surface area contributed by atoms with E-state index in [1.807, 2.05) is 0 Å². The predicted octanol–water partition coefficient (Wildman–Crippen LogP) is -1.21. The van der Waals surface area contributed by atoms with Crippen molar-refractivity contribution in [3.8, 4) is 0 Å². The second-order valence-corrected chi connectivity index (χ2v) is 3.42. The number of para-hydroxylation sites is 1. The summed E-state index contributed by atoms with van der Waals surface area (Å²) >= 11 is 0. The number of rotatable bonds is 2. The summed E-state index contributed by atoms with van der Waals surface area (Å²) < 4.78 is 37.7. The van der Waals surface area contributed by atoms with Gasteiger partial charge in [-0.1, -0.05) is 12.1 Å². The van der Waals surface area contributed by atoms with Crippen LogP contribution in [0.25, 0.3) is 10.9 Å².